The quantitative estimate of drug-likeness (QED) is 0.908. The molecule has 1 aliphatic rings. The van der Waals surface area contributed by atoms with Crippen molar-refractivity contribution in [1.82, 2.24) is 4.98 Å². The highest BCUT2D eigenvalue weighted by Crippen LogP contribution is 2.29. The van der Waals surface area contributed by atoms with E-state index < -0.39 is 0 Å². The summed E-state index contributed by atoms with van der Waals surface area (Å²) in [6.45, 7) is 3.79. The maximum Gasteiger partial charge on any atom is 0.140 e. The van der Waals surface area contributed by atoms with Crippen molar-refractivity contribution in [3.05, 3.63) is 21.8 Å². The minimum absolute atomic E-state index is 0.0571. The van der Waals surface area contributed by atoms with Crippen molar-refractivity contribution in [3.63, 3.8) is 0 Å². The van der Waals surface area contributed by atoms with Crippen LogP contribution >= 0.6 is 27.5 Å². The normalized spacial score (nSPS) is 19.4. The van der Waals surface area contributed by atoms with Crippen molar-refractivity contribution in [2.45, 2.75) is 25.3 Å². The molecule has 0 aliphatic carbocycles. The molecule has 0 atom stereocenters. The van der Waals surface area contributed by atoms with Gasteiger partial charge in [-0.1, -0.05) is 11.6 Å². The third kappa shape index (κ3) is 2.87. The second kappa shape index (κ2) is 4.90. The fourth-order valence-electron chi connectivity index (χ4n) is 1.74. The third-order valence-electron chi connectivity index (χ3n) is 2.82. The van der Waals surface area contributed by atoms with Gasteiger partial charge in [-0.3, -0.25) is 0 Å². The summed E-state index contributed by atoms with van der Waals surface area (Å²) in [6, 6.07) is 1.85. The van der Waals surface area contributed by atoms with Crippen LogP contribution in [0.2, 0.25) is 5.02 Å². The first-order valence-corrected chi connectivity index (χ1v) is 6.43. The van der Waals surface area contributed by atoms with Crippen LogP contribution in [0.4, 0.5) is 5.82 Å². The van der Waals surface area contributed by atoms with Gasteiger partial charge >= 0.3 is 0 Å². The Balaban J connectivity index is 2.13. The van der Waals surface area contributed by atoms with Crippen LogP contribution < -0.4 is 5.32 Å². The number of pyridine rings is 1. The molecule has 2 rings (SSSR count). The summed E-state index contributed by atoms with van der Waals surface area (Å²) in [7, 11) is 0. The molecule has 0 amide bonds. The summed E-state index contributed by atoms with van der Waals surface area (Å²) in [5.41, 5.74) is 0.0571. The predicted octanol–water partition coefficient (Wildman–Crippen LogP) is 3.48. The maximum atomic E-state index is 5.85. The molecule has 0 aromatic carbocycles. The van der Waals surface area contributed by atoms with Gasteiger partial charge < -0.3 is 10.1 Å². The number of hydrogen-bond acceptors (Lipinski definition) is 3. The van der Waals surface area contributed by atoms with Crippen molar-refractivity contribution in [2.75, 3.05) is 18.5 Å². The highest BCUT2D eigenvalue weighted by Gasteiger charge is 2.27. The Morgan fingerprint density at radius 2 is 2.19 bits per heavy atom. The summed E-state index contributed by atoms with van der Waals surface area (Å²) in [4.78, 5) is 4.29. The zero-order valence-corrected chi connectivity index (χ0v) is 11.4. The average molecular weight is 306 g/mol. The zero-order chi connectivity index (χ0) is 11.6. The van der Waals surface area contributed by atoms with Gasteiger partial charge in [-0.2, -0.15) is 0 Å². The first-order chi connectivity index (χ1) is 7.59. The van der Waals surface area contributed by atoms with Gasteiger partial charge in [0.25, 0.3) is 0 Å². The molecule has 2 heterocycles. The number of nitrogens with zero attached hydrogens (tertiary/aromatic N) is 1. The van der Waals surface area contributed by atoms with E-state index in [9.17, 15) is 0 Å². The Morgan fingerprint density at radius 1 is 1.50 bits per heavy atom. The van der Waals surface area contributed by atoms with E-state index in [2.05, 4.69) is 33.2 Å². The van der Waals surface area contributed by atoms with E-state index in [1.165, 1.54) is 0 Å². The molecule has 5 heteroatoms. The van der Waals surface area contributed by atoms with Crippen LogP contribution in [0, 0.1) is 0 Å². The summed E-state index contributed by atoms with van der Waals surface area (Å²) < 4.78 is 6.25. The van der Waals surface area contributed by atoms with Crippen LogP contribution in [0.1, 0.15) is 19.8 Å². The van der Waals surface area contributed by atoms with E-state index in [0.717, 1.165) is 36.3 Å². The van der Waals surface area contributed by atoms with Gasteiger partial charge in [0.2, 0.25) is 0 Å². The largest absolute Gasteiger partial charge is 0.381 e. The van der Waals surface area contributed by atoms with Gasteiger partial charge in [-0.05, 0) is 41.8 Å². The summed E-state index contributed by atoms with van der Waals surface area (Å²) in [5.74, 6) is 0.841. The second-order valence-corrected chi connectivity index (χ2v) is 5.57. The lowest BCUT2D eigenvalue weighted by Gasteiger charge is -2.35. The molecule has 1 aromatic rings. The molecular formula is C11H14BrClN2O. The monoisotopic (exact) mass is 304 g/mol. The molecule has 3 nitrogen and oxygen atoms in total. The number of nitrogens with one attached hydrogen (secondary N) is 1. The van der Waals surface area contributed by atoms with Crippen molar-refractivity contribution in [1.29, 1.82) is 0 Å². The summed E-state index contributed by atoms with van der Waals surface area (Å²) in [5, 5.41) is 4.09. The van der Waals surface area contributed by atoms with Crippen LogP contribution in [0.3, 0.4) is 0 Å². The Labute approximate surface area is 109 Å². The van der Waals surface area contributed by atoms with Crippen LogP contribution in [0.25, 0.3) is 0 Å². The van der Waals surface area contributed by atoms with Gasteiger partial charge in [-0.25, -0.2) is 4.98 Å². The van der Waals surface area contributed by atoms with E-state index in [0.29, 0.717) is 5.02 Å². The number of hydrogen-bond donors (Lipinski definition) is 1. The minimum atomic E-state index is 0.0571. The number of halogens is 2. The lowest BCUT2D eigenvalue weighted by atomic mass is 9.92. The number of rotatable bonds is 2. The molecular weight excluding hydrogens is 291 g/mol. The third-order valence-corrected chi connectivity index (χ3v) is 3.64. The van der Waals surface area contributed by atoms with Crippen molar-refractivity contribution in [3.8, 4) is 0 Å². The van der Waals surface area contributed by atoms with Gasteiger partial charge in [-0.15, -0.1) is 0 Å². The van der Waals surface area contributed by atoms with Crippen LogP contribution in [0.15, 0.2) is 16.7 Å². The molecule has 1 fully saturated rings. The first kappa shape index (κ1) is 12.1. The van der Waals surface area contributed by atoms with Crippen molar-refractivity contribution in [2.24, 2.45) is 0 Å². The maximum absolute atomic E-state index is 5.85. The van der Waals surface area contributed by atoms with Gasteiger partial charge in [0, 0.05) is 24.9 Å². The van der Waals surface area contributed by atoms with Gasteiger partial charge in [0.1, 0.15) is 5.82 Å². The van der Waals surface area contributed by atoms with E-state index in [-0.39, 0.29) is 5.54 Å². The highest BCUT2D eigenvalue weighted by atomic mass is 79.9. The van der Waals surface area contributed by atoms with E-state index in [1.807, 2.05) is 6.07 Å². The topological polar surface area (TPSA) is 34.2 Å². The van der Waals surface area contributed by atoms with Crippen molar-refractivity contribution >= 4 is 33.3 Å². The average Bonchev–Trinajstić information content (AvgIpc) is 2.23. The molecule has 88 valence electrons. The Bertz CT molecular complexity index is 380. The van der Waals surface area contributed by atoms with E-state index in [1.54, 1.807) is 6.20 Å². The Kier molecular flexibility index (Phi) is 3.72. The fraction of sp³-hybridized carbons (Fsp3) is 0.545. The molecule has 0 saturated carbocycles. The lowest BCUT2D eigenvalue weighted by Crippen LogP contribution is -2.41. The Hall–Kier alpha value is -0.320. The van der Waals surface area contributed by atoms with Crippen molar-refractivity contribution < 1.29 is 4.74 Å². The highest BCUT2D eigenvalue weighted by molar-refractivity contribution is 9.10. The molecule has 0 radical (unpaired) electrons. The number of aromatic nitrogens is 1. The number of anilines is 1. The fourth-order valence-corrected chi connectivity index (χ4v) is 2.48. The second-order valence-electron chi connectivity index (χ2n) is 4.28. The smallest absolute Gasteiger partial charge is 0.140 e. The molecule has 1 aromatic heterocycles. The standard InChI is InChI=1S/C11H14BrClN2O/c1-11(2-4-16-5-3-11)15-10-9(12)6-8(13)7-14-10/h6-7H,2-5H2,1H3,(H,14,15). The summed E-state index contributed by atoms with van der Waals surface area (Å²) >= 11 is 9.31. The van der Waals surface area contributed by atoms with Crippen LogP contribution in [0.5, 0.6) is 0 Å². The minimum Gasteiger partial charge on any atom is -0.381 e. The molecule has 0 unspecified atom stereocenters. The summed E-state index contributed by atoms with van der Waals surface area (Å²) in [6.07, 6.45) is 3.63. The molecule has 0 spiro atoms. The number of ether oxygens (including phenoxy) is 1. The first-order valence-electron chi connectivity index (χ1n) is 5.26. The van der Waals surface area contributed by atoms with Crippen LogP contribution in [-0.4, -0.2) is 23.7 Å². The molecule has 1 N–H and O–H groups in total. The van der Waals surface area contributed by atoms with Gasteiger partial charge in [0.15, 0.2) is 0 Å². The molecule has 1 aliphatic heterocycles. The molecule has 1 saturated heterocycles. The van der Waals surface area contributed by atoms with E-state index in [4.69, 9.17) is 16.3 Å². The van der Waals surface area contributed by atoms with Gasteiger partial charge in [0.05, 0.1) is 9.50 Å². The lowest BCUT2D eigenvalue weighted by molar-refractivity contribution is 0.0657. The zero-order valence-electron chi connectivity index (χ0n) is 9.09. The SMILES string of the molecule is CC1(Nc2ncc(Cl)cc2Br)CCOCC1. The molecule has 16 heavy (non-hydrogen) atoms. The Morgan fingerprint density at radius 3 is 2.81 bits per heavy atom. The molecule has 0 bridgehead atoms. The van der Waals surface area contributed by atoms with Crippen LogP contribution in [-0.2, 0) is 4.74 Å². The predicted molar refractivity (Wildman–Crippen MR) is 69.0 cm³/mol. The van der Waals surface area contributed by atoms with E-state index >= 15 is 0 Å².